The number of aromatic nitrogens is 1. The van der Waals surface area contributed by atoms with Crippen molar-refractivity contribution in [2.45, 2.75) is 40.0 Å². The zero-order valence-corrected chi connectivity index (χ0v) is 8.38. The Morgan fingerprint density at radius 2 is 1.92 bits per heavy atom. The molecule has 1 rings (SSSR count). The first-order valence-electron chi connectivity index (χ1n) is 4.74. The molecule has 12 heavy (non-hydrogen) atoms. The largest absolute Gasteiger partial charge is 0.264 e. The van der Waals surface area contributed by atoms with Crippen molar-refractivity contribution >= 4 is 0 Å². The van der Waals surface area contributed by atoms with Crippen LogP contribution in [0.3, 0.4) is 0 Å². The smallest absolute Gasteiger partial charge is 0.0299 e. The van der Waals surface area contributed by atoms with Gasteiger partial charge in [-0.15, -0.1) is 0 Å². The Morgan fingerprint density at radius 1 is 1.25 bits per heavy atom. The van der Waals surface area contributed by atoms with Crippen LogP contribution in [0.5, 0.6) is 0 Å². The Balaban J connectivity index is 0.000000354. The molecule has 0 amide bonds. The lowest BCUT2D eigenvalue weighted by molar-refractivity contribution is 0.914. The van der Waals surface area contributed by atoms with E-state index in [1.165, 1.54) is 18.4 Å². The molecule has 1 heteroatoms. The highest BCUT2D eigenvalue weighted by atomic mass is 14.6. The molecule has 1 nitrogen and oxygen atoms in total. The van der Waals surface area contributed by atoms with Gasteiger partial charge < -0.3 is 0 Å². The second-order valence-electron chi connectivity index (χ2n) is 2.82. The van der Waals surface area contributed by atoms with Crippen molar-refractivity contribution in [1.82, 2.24) is 4.98 Å². The molecule has 0 fully saturated rings. The molecule has 1 aromatic rings. The van der Waals surface area contributed by atoms with Crippen LogP contribution in [0.1, 0.15) is 39.2 Å². The van der Waals surface area contributed by atoms with Gasteiger partial charge in [0.15, 0.2) is 0 Å². The van der Waals surface area contributed by atoms with Gasteiger partial charge in [0.2, 0.25) is 0 Å². The maximum atomic E-state index is 4.00. The van der Waals surface area contributed by atoms with Crippen molar-refractivity contribution in [1.29, 1.82) is 0 Å². The van der Waals surface area contributed by atoms with E-state index < -0.39 is 0 Å². The van der Waals surface area contributed by atoms with Gasteiger partial charge in [0.1, 0.15) is 0 Å². The maximum absolute atomic E-state index is 4.00. The van der Waals surface area contributed by atoms with Crippen LogP contribution in [0.25, 0.3) is 0 Å². The third-order valence-corrected chi connectivity index (χ3v) is 1.26. The fourth-order valence-corrected chi connectivity index (χ4v) is 0.835. The van der Waals surface area contributed by atoms with Gasteiger partial charge in [-0.3, -0.25) is 4.98 Å². The third-order valence-electron chi connectivity index (χ3n) is 1.26. The highest BCUT2D eigenvalue weighted by molar-refractivity contribution is 5.07. The number of hydrogen-bond donors (Lipinski definition) is 0. The lowest BCUT2D eigenvalue weighted by Crippen LogP contribution is -1.81. The first kappa shape index (κ1) is 11.2. The van der Waals surface area contributed by atoms with Gasteiger partial charge in [0.25, 0.3) is 0 Å². The summed E-state index contributed by atoms with van der Waals surface area (Å²) in [5.41, 5.74) is 1.33. The molecule has 1 aromatic heterocycles. The van der Waals surface area contributed by atoms with Crippen LogP contribution in [0, 0.1) is 0 Å². The predicted octanol–water partition coefficient (Wildman–Crippen LogP) is 3.45. The molecule has 0 unspecified atom stereocenters. The summed E-state index contributed by atoms with van der Waals surface area (Å²) in [6.45, 7) is 6.42. The van der Waals surface area contributed by atoms with Gasteiger partial charge in [0.05, 0.1) is 0 Å². The van der Waals surface area contributed by atoms with E-state index in [2.05, 4.69) is 31.8 Å². The summed E-state index contributed by atoms with van der Waals surface area (Å²) in [4.78, 5) is 4.00. The van der Waals surface area contributed by atoms with Crippen molar-refractivity contribution in [2.24, 2.45) is 0 Å². The fourth-order valence-electron chi connectivity index (χ4n) is 0.835. The van der Waals surface area contributed by atoms with E-state index in [9.17, 15) is 0 Å². The van der Waals surface area contributed by atoms with Crippen LogP contribution in [0.15, 0.2) is 24.5 Å². The average molecular weight is 165 g/mol. The maximum Gasteiger partial charge on any atom is 0.0299 e. The molecule has 0 aliphatic heterocycles. The van der Waals surface area contributed by atoms with Crippen molar-refractivity contribution in [3.63, 3.8) is 0 Å². The standard InChI is InChI=1S/C8H11N.C3H8/c1-2-4-8-5-3-6-9-7-8;1-3-2/h3,5-7H,2,4H2,1H3;3H2,1-2H3. The van der Waals surface area contributed by atoms with Crippen LogP contribution in [-0.2, 0) is 6.42 Å². The summed E-state index contributed by atoms with van der Waals surface area (Å²) < 4.78 is 0. The minimum atomic E-state index is 1.15. The second-order valence-corrected chi connectivity index (χ2v) is 2.82. The summed E-state index contributed by atoms with van der Waals surface area (Å²) in [7, 11) is 0. The van der Waals surface area contributed by atoms with Gasteiger partial charge in [-0.05, 0) is 18.1 Å². The van der Waals surface area contributed by atoms with Crippen LogP contribution in [0.4, 0.5) is 0 Å². The van der Waals surface area contributed by atoms with Gasteiger partial charge in [-0.25, -0.2) is 0 Å². The molecule has 68 valence electrons. The number of hydrogen-bond acceptors (Lipinski definition) is 1. The summed E-state index contributed by atoms with van der Waals surface area (Å²) in [5, 5.41) is 0. The Labute approximate surface area is 75.8 Å². The van der Waals surface area contributed by atoms with Gasteiger partial charge >= 0.3 is 0 Å². The van der Waals surface area contributed by atoms with Gasteiger partial charge in [-0.1, -0.05) is 39.7 Å². The van der Waals surface area contributed by atoms with Crippen LogP contribution in [0.2, 0.25) is 0 Å². The molecule has 0 atom stereocenters. The average Bonchev–Trinajstić information content (AvgIpc) is 2.08. The normalized spacial score (nSPS) is 8.58. The van der Waals surface area contributed by atoms with Crippen LogP contribution >= 0.6 is 0 Å². The summed E-state index contributed by atoms with van der Waals surface area (Å²) in [5.74, 6) is 0. The molecule has 0 N–H and O–H groups in total. The zero-order valence-electron chi connectivity index (χ0n) is 8.38. The number of rotatable bonds is 2. The highest BCUT2D eigenvalue weighted by Gasteiger charge is 1.85. The quantitative estimate of drug-likeness (QED) is 0.654. The van der Waals surface area contributed by atoms with Crippen LogP contribution in [-0.4, -0.2) is 4.98 Å². The molecular formula is C11H19N. The SMILES string of the molecule is CCC.CCCc1cccnc1. The molecule has 0 saturated heterocycles. The van der Waals surface area contributed by atoms with E-state index >= 15 is 0 Å². The summed E-state index contributed by atoms with van der Waals surface area (Å²) in [6.07, 6.45) is 7.32. The monoisotopic (exact) mass is 165 g/mol. The van der Waals surface area contributed by atoms with E-state index in [0.717, 1.165) is 6.42 Å². The van der Waals surface area contributed by atoms with E-state index in [1.54, 1.807) is 6.20 Å². The molecule has 1 heterocycles. The Morgan fingerprint density at radius 3 is 2.33 bits per heavy atom. The van der Waals surface area contributed by atoms with Crippen LogP contribution < -0.4 is 0 Å². The lowest BCUT2D eigenvalue weighted by Gasteiger charge is -1.92. The number of pyridine rings is 1. The molecule has 0 spiro atoms. The van der Waals surface area contributed by atoms with E-state index in [0.29, 0.717) is 0 Å². The zero-order chi connectivity index (χ0) is 9.23. The van der Waals surface area contributed by atoms with Crippen molar-refractivity contribution in [3.8, 4) is 0 Å². The van der Waals surface area contributed by atoms with Gasteiger partial charge in [-0.2, -0.15) is 0 Å². The Bertz CT molecular complexity index is 170. The number of nitrogens with zero attached hydrogens (tertiary/aromatic N) is 1. The Kier molecular flexibility index (Phi) is 7.66. The molecule has 0 saturated carbocycles. The van der Waals surface area contributed by atoms with E-state index in [1.807, 2.05) is 12.3 Å². The summed E-state index contributed by atoms with van der Waals surface area (Å²) in [6, 6.07) is 4.08. The van der Waals surface area contributed by atoms with Crippen molar-refractivity contribution in [2.75, 3.05) is 0 Å². The molecule has 0 aromatic carbocycles. The topological polar surface area (TPSA) is 12.9 Å². The lowest BCUT2D eigenvalue weighted by atomic mass is 10.2. The minimum absolute atomic E-state index is 1.15. The molecule has 0 bridgehead atoms. The van der Waals surface area contributed by atoms with Crippen molar-refractivity contribution in [3.05, 3.63) is 30.1 Å². The third kappa shape index (κ3) is 5.90. The Hall–Kier alpha value is -0.850. The van der Waals surface area contributed by atoms with E-state index in [-0.39, 0.29) is 0 Å². The predicted molar refractivity (Wildman–Crippen MR) is 54.2 cm³/mol. The van der Waals surface area contributed by atoms with Crippen molar-refractivity contribution < 1.29 is 0 Å². The number of aryl methyl sites for hydroxylation is 1. The second kappa shape index (κ2) is 8.25. The minimum Gasteiger partial charge on any atom is -0.264 e. The fraction of sp³-hybridized carbons (Fsp3) is 0.545. The first-order chi connectivity index (χ1) is 5.85. The molecule has 0 radical (unpaired) electrons. The summed E-state index contributed by atoms with van der Waals surface area (Å²) >= 11 is 0. The van der Waals surface area contributed by atoms with Gasteiger partial charge in [0, 0.05) is 12.4 Å². The molecular weight excluding hydrogens is 146 g/mol. The molecule has 0 aliphatic carbocycles. The first-order valence-corrected chi connectivity index (χ1v) is 4.74. The highest BCUT2D eigenvalue weighted by Crippen LogP contribution is 1.98. The van der Waals surface area contributed by atoms with E-state index in [4.69, 9.17) is 0 Å². The molecule has 0 aliphatic rings.